The van der Waals surface area contributed by atoms with Crippen molar-refractivity contribution in [2.45, 2.75) is 38.5 Å². The van der Waals surface area contributed by atoms with Gasteiger partial charge in [0.1, 0.15) is 0 Å². The molecule has 0 radical (unpaired) electrons. The lowest BCUT2D eigenvalue weighted by molar-refractivity contribution is 0.0661. The molecular formula is C16H26N4O. The number of hydrogen-bond donors (Lipinski definition) is 0. The molecule has 1 saturated carbocycles. The molecule has 0 atom stereocenters. The van der Waals surface area contributed by atoms with Gasteiger partial charge in [-0.1, -0.05) is 13.3 Å². The highest BCUT2D eigenvalue weighted by atomic mass is 16.2. The highest BCUT2D eigenvalue weighted by molar-refractivity contribution is 5.97. The maximum atomic E-state index is 13.0. The zero-order valence-corrected chi connectivity index (χ0v) is 13.4. The minimum atomic E-state index is 0.210. The van der Waals surface area contributed by atoms with Crippen LogP contribution in [0.15, 0.2) is 0 Å². The van der Waals surface area contributed by atoms with E-state index < -0.39 is 0 Å². The second kappa shape index (κ2) is 5.79. The molecule has 2 aliphatic rings. The molecule has 21 heavy (non-hydrogen) atoms. The second-order valence-electron chi connectivity index (χ2n) is 6.45. The number of hydrogen-bond acceptors (Lipinski definition) is 3. The monoisotopic (exact) mass is 290 g/mol. The molecule has 1 aromatic heterocycles. The van der Waals surface area contributed by atoms with E-state index in [2.05, 4.69) is 24.0 Å². The van der Waals surface area contributed by atoms with Crippen LogP contribution in [0.25, 0.3) is 0 Å². The Labute approximate surface area is 126 Å². The number of nitrogens with zero attached hydrogens (tertiary/aromatic N) is 4. The van der Waals surface area contributed by atoms with Crippen molar-refractivity contribution in [2.75, 3.05) is 33.2 Å². The predicted octanol–water partition coefficient (Wildman–Crippen LogP) is 1.64. The third-order valence-electron chi connectivity index (χ3n) is 4.65. The molecule has 0 spiro atoms. The molecule has 2 heterocycles. The molecule has 5 nitrogen and oxygen atoms in total. The summed E-state index contributed by atoms with van der Waals surface area (Å²) >= 11 is 0. The molecule has 3 rings (SSSR count). The van der Waals surface area contributed by atoms with Gasteiger partial charge in [0.25, 0.3) is 5.91 Å². The van der Waals surface area contributed by atoms with Gasteiger partial charge >= 0.3 is 0 Å². The van der Waals surface area contributed by atoms with Crippen LogP contribution in [-0.2, 0) is 13.5 Å². The Balaban J connectivity index is 1.90. The zero-order chi connectivity index (χ0) is 15.0. The smallest absolute Gasteiger partial charge is 0.257 e. The molecule has 0 bridgehead atoms. The SMILES string of the molecule is CCCc1c(C(=O)N2CCN(C)CC2)c(C2CC2)nn1C. The Morgan fingerprint density at radius 1 is 1.19 bits per heavy atom. The van der Waals surface area contributed by atoms with Crippen LogP contribution >= 0.6 is 0 Å². The van der Waals surface area contributed by atoms with E-state index in [0.29, 0.717) is 5.92 Å². The summed E-state index contributed by atoms with van der Waals surface area (Å²) < 4.78 is 1.94. The molecule has 0 N–H and O–H groups in total. The van der Waals surface area contributed by atoms with Crippen LogP contribution in [0.5, 0.6) is 0 Å². The topological polar surface area (TPSA) is 41.4 Å². The lowest BCUT2D eigenvalue weighted by atomic mass is 10.0. The van der Waals surface area contributed by atoms with E-state index in [0.717, 1.165) is 56.0 Å². The minimum Gasteiger partial charge on any atom is -0.336 e. The van der Waals surface area contributed by atoms with Crippen molar-refractivity contribution >= 4 is 5.91 Å². The molecule has 2 fully saturated rings. The van der Waals surface area contributed by atoms with Gasteiger partial charge in [-0.05, 0) is 26.3 Å². The van der Waals surface area contributed by atoms with Crippen LogP contribution < -0.4 is 0 Å². The van der Waals surface area contributed by atoms with Crippen LogP contribution in [0.1, 0.15) is 53.8 Å². The maximum absolute atomic E-state index is 13.0. The molecule has 1 aliphatic carbocycles. The fourth-order valence-corrected chi connectivity index (χ4v) is 3.15. The minimum absolute atomic E-state index is 0.210. The number of aryl methyl sites for hydroxylation is 1. The van der Waals surface area contributed by atoms with Crippen molar-refractivity contribution in [3.8, 4) is 0 Å². The molecule has 1 amide bonds. The quantitative estimate of drug-likeness (QED) is 0.846. The Kier molecular flexibility index (Phi) is 4.02. The van der Waals surface area contributed by atoms with Crippen LogP contribution in [-0.4, -0.2) is 58.7 Å². The van der Waals surface area contributed by atoms with Gasteiger partial charge in [0.05, 0.1) is 17.0 Å². The largest absolute Gasteiger partial charge is 0.336 e. The van der Waals surface area contributed by atoms with Gasteiger partial charge in [-0.2, -0.15) is 5.10 Å². The van der Waals surface area contributed by atoms with E-state index in [9.17, 15) is 4.79 Å². The van der Waals surface area contributed by atoms with Gasteiger partial charge in [-0.25, -0.2) is 0 Å². The first-order chi connectivity index (χ1) is 10.1. The van der Waals surface area contributed by atoms with Crippen molar-refractivity contribution < 1.29 is 4.79 Å². The van der Waals surface area contributed by atoms with E-state index in [1.165, 1.54) is 12.8 Å². The van der Waals surface area contributed by atoms with E-state index in [1.807, 2.05) is 16.6 Å². The number of amides is 1. The molecular weight excluding hydrogens is 264 g/mol. The van der Waals surface area contributed by atoms with Gasteiger partial charge in [0.15, 0.2) is 0 Å². The highest BCUT2D eigenvalue weighted by Crippen LogP contribution is 2.42. The van der Waals surface area contributed by atoms with Crippen LogP contribution in [0, 0.1) is 0 Å². The van der Waals surface area contributed by atoms with E-state index in [4.69, 9.17) is 0 Å². The van der Waals surface area contributed by atoms with Gasteiger partial charge in [-0.3, -0.25) is 9.48 Å². The fourth-order valence-electron chi connectivity index (χ4n) is 3.15. The molecule has 116 valence electrons. The lowest BCUT2D eigenvalue weighted by Gasteiger charge is -2.32. The molecule has 1 aromatic rings. The highest BCUT2D eigenvalue weighted by Gasteiger charge is 2.35. The number of carbonyl (C=O) groups is 1. The van der Waals surface area contributed by atoms with Crippen LogP contribution in [0.4, 0.5) is 0 Å². The molecule has 0 aromatic carbocycles. The molecule has 5 heteroatoms. The summed E-state index contributed by atoms with van der Waals surface area (Å²) in [7, 11) is 4.10. The summed E-state index contributed by atoms with van der Waals surface area (Å²) in [6, 6.07) is 0. The second-order valence-corrected chi connectivity index (χ2v) is 6.45. The van der Waals surface area contributed by atoms with E-state index in [-0.39, 0.29) is 5.91 Å². The van der Waals surface area contributed by atoms with Crippen molar-refractivity contribution in [3.05, 3.63) is 17.0 Å². The first-order valence-corrected chi connectivity index (χ1v) is 8.15. The number of aromatic nitrogens is 2. The fraction of sp³-hybridized carbons (Fsp3) is 0.750. The zero-order valence-electron chi connectivity index (χ0n) is 13.4. The van der Waals surface area contributed by atoms with Crippen LogP contribution in [0.2, 0.25) is 0 Å². The Bertz CT molecular complexity index is 525. The number of piperazine rings is 1. The average Bonchev–Trinajstić information content (AvgIpc) is 3.26. The summed E-state index contributed by atoms with van der Waals surface area (Å²) in [6.45, 7) is 5.76. The predicted molar refractivity (Wildman–Crippen MR) is 82.6 cm³/mol. The summed E-state index contributed by atoms with van der Waals surface area (Å²) in [5, 5.41) is 4.68. The third-order valence-corrected chi connectivity index (χ3v) is 4.65. The molecule has 1 aliphatic heterocycles. The van der Waals surface area contributed by atoms with Crippen LogP contribution in [0.3, 0.4) is 0 Å². The lowest BCUT2D eigenvalue weighted by Crippen LogP contribution is -2.47. The third kappa shape index (κ3) is 2.84. The Morgan fingerprint density at radius 2 is 1.86 bits per heavy atom. The van der Waals surface area contributed by atoms with Crippen molar-refractivity contribution in [1.29, 1.82) is 0 Å². The van der Waals surface area contributed by atoms with Gasteiger partial charge < -0.3 is 9.80 Å². The first kappa shape index (κ1) is 14.6. The Morgan fingerprint density at radius 3 is 2.43 bits per heavy atom. The molecule has 1 saturated heterocycles. The van der Waals surface area contributed by atoms with Gasteiger partial charge in [0.2, 0.25) is 0 Å². The number of likely N-dealkylation sites (N-methyl/N-ethyl adjacent to an activating group) is 1. The standard InChI is InChI=1S/C16H26N4O/c1-4-5-13-14(15(12-6-7-12)17-19(13)3)16(21)20-10-8-18(2)9-11-20/h12H,4-11H2,1-3H3. The van der Waals surface area contributed by atoms with Gasteiger partial charge in [-0.15, -0.1) is 0 Å². The normalized spacial score (nSPS) is 20.0. The summed E-state index contributed by atoms with van der Waals surface area (Å²) in [5.74, 6) is 0.731. The van der Waals surface area contributed by atoms with Crippen molar-refractivity contribution in [3.63, 3.8) is 0 Å². The summed E-state index contributed by atoms with van der Waals surface area (Å²) in [5.41, 5.74) is 3.11. The maximum Gasteiger partial charge on any atom is 0.257 e. The summed E-state index contributed by atoms with van der Waals surface area (Å²) in [4.78, 5) is 17.3. The number of carbonyl (C=O) groups excluding carboxylic acids is 1. The van der Waals surface area contributed by atoms with Crippen molar-refractivity contribution in [2.24, 2.45) is 7.05 Å². The van der Waals surface area contributed by atoms with E-state index in [1.54, 1.807) is 0 Å². The average molecular weight is 290 g/mol. The van der Waals surface area contributed by atoms with Gasteiger partial charge in [0, 0.05) is 39.1 Å². The van der Waals surface area contributed by atoms with Crippen molar-refractivity contribution in [1.82, 2.24) is 19.6 Å². The Hall–Kier alpha value is -1.36. The molecule has 0 unspecified atom stereocenters. The first-order valence-electron chi connectivity index (χ1n) is 8.15. The van der Waals surface area contributed by atoms with E-state index >= 15 is 0 Å². The summed E-state index contributed by atoms with van der Waals surface area (Å²) in [6.07, 6.45) is 4.36. The number of rotatable bonds is 4.